The molecule has 1 rings (SSSR count). The fourth-order valence-corrected chi connectivity index (χ4v) is 1.10. The van der Waals surface area contributed by atoms with Crippen molar-refractivity contribution >= 4 is 17.9 Å². The number of imide groups is 1. The van der Waals surface area contributed by atoms with Crippen molar-refractivity contribution in [3.05, 3.63) is 16.4 Å². The van der Waals surface area contributed by atoms with Crippen molar-refractivity contribution in [1.82, 2.24) is 25.4 Å². The number of hydrogen-bond donors (Lipinski definition) is 2. The smallest absolute Gasteiger partial charge is 0.390 e. The first-order valence-corrected chi connectivity index (χ1v) is 5.50. The fourth-order valence-electron chi connectivity index (χ4n) is 1.10. The number of urea groups is 1. The molecule has 0 aliphatic rings. The van der Waals surface area contributed by atoms with Gasteiger partial charge in [0.05, 0.1) is 0 Å². The number of aromatic nitrogens is 3. The van der Waals surface area contributed by atoms with E-state index in [0.717, 1.165) is 11.0 Å². The molecule has 10 heteroatoms. The quantitative estimate of drug-likeness (QED) is 0.556. The fraction of sp³-hybridized carbons (Fsp3) is 0.556. The van der Waals surface area contributed by atoms with Crippen molar-refractivity contribution in [2.24, 2.45) is 5.92 Å². The molecule has 0 fully saturated rings. The van der Waals surface area contributed by atoms with Crippen LogP contribution in [0.5, 0.6) is 0 Å². The van der Waals surface area contributed by atoms with Gasteiger partial charge in [0.15, 0.2) is 0 Å². The minimum absolute atomic E-state index is 0.263. The monoisotopic (exact) mass is 270 g/mol. The Kier molecular flexibility index (Phi) is 4.92. The van der Waals surface area contributed by atoms with E-state index in [-0.39, 0.29) is 12.5 Å². The van der Waals surface area contributed by atoms with Gasteiger partial charge in [-0.3, -0.25) is 10.1 Å². The number of nitro groups is 1. The summed E-state index contributed by atoms with van der Waals surface area (Å²) in [4.78, 5) is 35.6. The lowest BCUT2D eigenvalue weighted by Crippen LogP contribution is -2.42. The third-order valence-corrected chi connectivity index (χ3v) is 1.92. The topological polar surface area (TPSA) is 132 Å². The predicted octanol–water partition coefficient (Wildman–Crippen LogP) is -0.332. The Hall–Kier alpha value is -2.52. The normalized spacial score (nSPS) is 10.3. The van der Waals surface area contributed by atoms with Crippen molar-refractivity contribution in [2.45, 2.75) is 20.4 Å². The lowest BCUT2D eigenvalue weighted by molar-refractivity contribution is -0.394. The van der Waals surface area contributed by atoms with Gasteiger partial charge in [-0.25, -0.2) is 4.79 Å². The largest absolute Gasteiger partial charge is 0.490 e. The summed E-state index contributed by atoms with van der Waals surface area (Å²) in [5.41, 5.74) is 0. The van der Waals surface area contributed by atoms with E-state index in [1.807, 2.05) is 13.8 Å². The number of hydrogen-bond acceptors (Lipinski definition) is 6. The van der Waals surface area contributed by atoms with Crippen molar-refractivity contribution < 1.29 is 14.5 Å². The summed E-state index contributed by atoms with van der Waals surface area (Å²) in [5.74, 6) is -0.975. The summed E-state index contributed by atoms with van der Waals surface area (Å²) in [7, 11) is 0. The second-order valence-corrected chi connectivity index (χ2v) is 4.15. The Morgan fingerprint density at radius 1 is 1.53 bits per heavy atom. The second-order valence-electron chi connectivity index (χ2n) is 4.15. The predicted molar refractivity (Wildman–Crippen MR) is 63.1 cm³/mol. The summed E-state index contributed by atoms with van der Waals surface area (Å²) in [6, 6.07) is -0.617. The van der Waals surface area contributed by atoms with Gasteiger partial charge in [0, 0.05) is 11.6 Å². The molecular formula is C9H14N6O4. The average Bonchev–Trinajstić information content (AvgIpc) is 2.74. The van der Waals surface area contributed by atoms with E-state index >= 15 is 0 Å². The molecule has 0 bridgehead atoms. The van der Waals surface area contributed by atoms with Crippen LogP contribution in [0.25, 0.3) is 0 Å². The number of nitrogens with zero attached hydrogens (tertiary/aromatic N) is 4. The van der Waals surface area contributed by atoms with Crippen molar-refractivity contribution in [3.8, 4) is 0 Å². The first-order valence-electron chi connectivity index (χ1n) is 5.50. The average molecular weight is 270 g/mol. The molecule has 0 radical (unpaired) electrons. The lowest BCUT2D eigenvalue weighted by Gasteiger charge is -2.07. The molecule has 3 amide bonds. The van der Waals surface area contributed by atoms with Crippen molar-refractivity contribution in [1.29, 1.82) is 0 Å². The standard InChI is InChI=1S/C9H14N6O4/c1-6(2)3-10-9(17)12-7(16)4-14-5-11-8(13-14)15(18)19/h5-6H,3-4H2,1-2H3,(H2,10,12,16,17). The molecule has 0 aliphatic heterocycles. The molecule has 2 N–H and O–H groups in total. The lowest BCUT2D eigenvalue weighted by atomic mass is 10.2. The SMILES string of the molecule is CC(C)CNC(=O)NC(=O)Cn1cnc([N+](=O)[O-])n1. The zero-order valence-electron chi connectivity index (χ0n) is 10.5. The van der Waals surface area contributed by atoms with Crippen LogP contribution in [0.15, 0.2) is 6.33 Å². The zero-order valence-corrected chi connectivity index (χ0v) is 10.5. The second kappa shape index (κ2) is 6.42. The summed E-state index contributed by atoms with van der Waals surface area (Å²) >= 11 is 0. The van der Waals surface area contributed by atoms with Crippen LogP contribution in [-0.2, 0) is 11.3 Å². The van der Waals surface area contributed by atoms with Gasteiger partial charge in [0.25, 0.3) is 5.91 Å². The van der Waals surface area contributed by atoms with E-state index in [9.17, 15) is 19.7 Å². The van der Waals surface area contributed by atoms with Crippen LogP contribution in [0.4, 0.5) is 10.7 Å². The summed E-state index contributed by atoms with van der Waals surface area (Å²) < 4.78 is 0.975. The Morgan fingerprint density at radius 2 is 2.21 bits per heavy atom. The van der Waals surface area contributed by atoms with Gasteiger partial charge in [-0.1, -0.05) is 18.8 Å². The summed E-state index contributed by atoms with van der Waals surface area (Å²) in [5, 5.41) is 18.3. The highest BCUT2D eigenvalue weighted by Gasteiger charge is 2.16. The molecule has 0 atom stereocenters. The Labute approximate surface area is 108 Å². The first kappa shape index (κ1) is 14.5. The molecule has 1 heterocycles. The number of nitrogens with one attached hydrogen (secondary N) is 2. The molecule has 0 aliphatic carbocycles. The number of carbonyl (C=O) groups excluding carboxylic acids is 2. The van der Waals surface area contributed by atoms with E-state index in [1.54, 1.807) is 0 Å². The van der Waals surface area contributed by atoms with Gasteiger partial charge in [-0.15, -0.1) is 0 Å². The molecule has 0 unspecified atom stereocenters. The third kappa shape index (κ3) is 5.10. The van der Waals surface area contributed by atoms with E-state index < -0.39 is 22.8 Å². The van der Waals surface area contributed by atoms with Gasteiger partial charge < -0.3 is 15.4 Å². The highest BCUT2D eigenvalue weighted by Crippen LogP contribution is 1.99. The molecule has 19 heavy (non-hydrogen) atoms. The molecule has 10 nitrogen and oxygen atoms in total. The van der Waals surface area contributed by atoms with Crippen LogP contribution in [-0.4, -0.2) is 38.2 Å². The van der Waals surface area contributed by atoms with Gasteiger partial charge in [0.1, 0.15) is 6.54 Å². The summed E-state index contributed by atoms with van der Waals surface area (Å²) in [6.45, 7) is 3.94. The highest BCUT2D eigenvalue weighted by atomic mass is 16.6. The van der Waals surface area contributed by atoms with Crippen LogP contribution < -0.4 is 10.6 Å². The maximum Gasteiger partial charge on any atom is 0.490 e. The van der Waals surface area contributed by atoms with Crippen LogP contribution in [0.3, 0.4) is 0 Å². The molecule has 1 aromatic rings. The van der Waals surface area contributed by atoms with Gasteiger partial charge in [0.2, 0.25) is 6.33 Å². The number of amides is 3. The number of rotatable bonds is 5. The van der Waals surface area contributed by atoms with E-state index in [1.165, 1.54) is 0 Å². The van der Waals surface area contributed by atoms with Gasteiger partial charge in [-0.2, -0.15) is 4.68 Å². The van der Waals surface area contributed by atoms with Crippen LogP contribution >= 0.6 is 0 Å². The molecule has 104 valence electrons. The maximum absolute atomic E-state index is 11.4. The molecular weight excluding hydrogens is 256 g/mol. The van der Waals surface area contributed by atoms with E-state index in [2.05, 4.69) is 20.7 Å². The number of carbonyl (C=O) groups is 2. The van der Waals surface area contributed by atoms with Gasteiger partial charge in [-0.05, 0) is 10.8 Å². The van der Waals surface area contributed by atoms with Gasteiger partial charge >= 0.3 is 12.0 Å². The first-order chi connectivity index (χ1) is 8.88. The zero-order chi connectivity index (χ0) is 14.4. The van der Waals surface area contributed by atoms with E-state index in [4.69, 9.17) is 0 Å². The van der Waals surface area contributed by atoms with E-state index in [0.29, 0.717) is 6.54 Å². The van der Waals surface area contributed by atoms with Crippen LogP contribution in [0, 0.1) is 16.0 Å². The third-order valence-electron chi connectivity index (χ3n) is 1.92. The molecule has 0 saturated carbocycles. The molecule has 1 aromatic heterocycles. The van der Waals surface area contributed by atoms with Crippen LogP contribution in [0.1, 0.15) is 13.8 Å². The molecule has 0 saturated heterocycles. The summed E-state index contributed by atoms with van der Waals surface area (Å²) in [6.07, 6.45) is 1.05. The molecule has 0 aromatic carbocycles. The Morgan fingerprint density at radius 3 is 2.74 bits per heavy atom. The van der Waals surface area contributed by atoms with Crippen molar-refractivity contribution in [3.63, 3.8) is 0 Å². The molecule has 0 spiro atoms. The minimum atomic E-state index is -0.774. The maximum atomic E-state index is 11.4. The Balaban J connectivity index is 2.42. The Bertz CT molecular complexity index is 483. The highest BCUT2D eigenvalue weighted by molar-refractivity contribution is 5.94. The van der Waals surface area contributed by atoms with Crippen molar-refractivity contribution in [2.75, 3.05) is 6.54 Å². The minimum Gasteiger partial charge on any atom is -0.390 e. The van der Waals surface area contributed by atoms with Crippen LogP contribution in [0.2, 0.25) is 0 Å².